The van der Waals surface area contributed by atoms with Gasteiger partial charge in [-0.1, -0.05) is 301 Å². The molecule has 0 aromatic rings. The second-order valence-electron chi connectivity index (χ2n) is 25.7. The quantitative estimate of drug-likeness (QED) is 0.0204. The van der Waals surface area contributed by atoms with Gasteiger partial charge in [-0.05, 0) is 44.9 Å². The molecule has 0 aromatic heterocycles. The van der Waals surface area contributed by atoms with Gasteiger partial charge in [0.2, 0.25) is 5.91 Å². The largest absolute Gasteiger partial charge is 0.394 e. The molecule has 1 amide bonds. The molecule has 0 aliphatic carbocycles. The van der Waals surface area contributed by atoms with E-state index in [9.17, 15) is 45.6 Å². The van der Waals surface area contributed by atoms with E-state index >= 15 is 0 Å². The van der Waals surface area contributed by atoms with Crippen LogP contribution in [-0.4, -0.2) is 140 Å². The molecule has 0 bridgehead atoms. The first-order valence-electron chi connectivity index (χ1n) is 36.1. The Morgan fingerprint density at radius 3 is 1.18 bits per heavy atom. The molecule has 2 aliphatic rings. The molecule has 14 nitrogen and oxygen atoms in total. The molecule has 2 aliphatic heterocycles. The highest BCUT2D eigenvalue weighted by molar-refractivity contribution is 5.76. The van der Waals surface area contributed by atoms with Crippen LogP contribution in [-0.2, 0) is 23.7 Å². The lowest BCUT2D eigenvalue weighted by Crippen LogP contribution is -2.65. The van der Waals surface area contributed by atoms with E-state index in [0.29, 0.717) is 12.8 Å². The van der Waals surface area contributed by atoms with Crippen molar-refractivity contribution >= 4 is 5.91 Å². The number of carbonyl (C=O) groups excluding carboxylic acids is 1. The van der Waals surface area contributed by atoms with Gasteiger partial charge < -0.3 is 65.1 Å². The van der Waals surface area contributed by atoms with Crippen LogP contribution in [0, 0.1) is 0 Å². The minimum Gasteiger partial charge on any atom is -0.394 e. The number of allylic oxidation sites excluding steroid dienone is 4. The Morgan fingerprint density at radius 1 is 0.424 bits per heavy atom. The zero-order chi connectivity index (χ0) is 61.6. The van der Waals surface area contributed by atoms with Crippen LogP contribution in [0.2, 0.25) is 0 Å². The SMILES string of the molecule is CCCCCCC/C=C\C/C=C\CCCCCCCCCCCCCCCC(=O)NC(COC1OC(CO)C(OC2OC(CO)C(O)C(O)C2O)C(O)C1O)C(O)CCCCCCCCCCCCCCCCCCCCCCCCCCCC. The van der Waals surface area contributed by atoms with Crippen molar-refractivity contribution in [1.29, 1.82) is 0 Å². The molecule has 2 rings (SSSR count). The molecule has 0 radical (unpaired) electrons. The van der Waals surface area contributed by atoms with Gasteiger partial charge in [-0.2, -0.15) is 0 Å². The maximum atomic E-state index is 13.4. The maximum absolute atomic E-state index is 13.4. The first-order chi connectivity index (χ1) is 41.6. The lowest BCUT2D eigenvalue weighted by molar-refractivity contribution is -0.359. The van der Waals surface area contributed by atoms with Crippen LogP contribution in [0.5, 0.6) is 0 Å². The van der Waals surface area contributed by atoms with Gasteiger partial charge in [0.15, 0.2) is 12.6 Å². The number of amides is 1. The fourth-order valence-corrected chi connectivity index (χ4v) is 12.2. The summed E-state index contributed by atoms with van der Waals surface area (Å²) < 4.78 is 22.9. The van der Waals surface area contributed by atoms with Crippen molar-refractivity contribution in [3.63, 3.8) is 0 Å². The van der Waals surface area contributed by atoms with Crippen LogP contribution in [0.15, 0.2) is 24.3 Å². The van der Waals surface area contributed by atoms with E-state index in [1.165, 1.54) is 244 Å². The average Bonchev–Trinajstić information content (AvgIpc) is 3.29. The molecule has 12 unspecified atom stereocenters. The van der Waals surface area contributed by atoms with E-state index in [4.69, 9.17) is 18.9 Å². The monoisotopic (exact) mass is 1210 g/mol. The number of ether oxygens (including phenoxy) is 4. The van der Waals surface area contributed by atoms with Crippen molar-refractivity contribution < 1.29 is 64.6 Å². The van der Waals surface area contributed by atoms with Crippen LogP contribution < -0.4 is 5.32 Å². The molecule has 0 aromatic carbocycles. The minimum absolute atomic E-state index is 0.202. The van der Waals surface area contributed by atoms with Crippen LogP contribution in [0.4, 0.5) is 0 Å². The Labute approximate surface area is 519 Å². The number of carbonyl (C=O) groups is 1. The van der Waals surface area contributed by atoms with E-state index in [1.54, 1.807) is 0 Å². The summed E-state index contributed by atoms with van der Waals surface area (Å²) in [5, 5.41) is 87.7. The number of hydrogen-bond donors (Lipinski definition) is 9. The molecule has 502 valence electrons. The van der Waals surface area contributed by atoms with Gasteiger partial charge in [-0.15, -0.1) is 0 Å². The molecule has 2 saturated heterocycles. The van der Waals surface area contributed by atoms with Crippen molar-refractivity contribution in [3.8, 4) is 0 Å². The topological polar surface area (TPSA) is 228 Å². The van der Waals surface area contributed by atoms with Gasteiger partial charge >= 0.3 is 0 Å². The Bertz CT molecular complexity index is 1520. The van der Waals surface area contributed by atoms with E-state index in [1.807, 2.05) is 0 Å². The Balaban J connectivity index is 1.66. The third kappa shape index (κ3) is 40.8. The fourth-order valence-electron chi connectivity index (χ4n) is 12.2. The highest BCUT2D eigenvalue weighted by atomic mass is 16.7. The summed E-state index contributed by atoms with van der Waals surface area (Å²) in [6.07, 6.45) is 53.3. The highest BCUT2D eigenvalue weighted by Crippen LogP contribution is 2.30. The highest BCUT2D eigenvalue weighted by Gasteiger charge is 2.51. The summed E-state index contributed by atoms with van der Waals surface area (Å²) in [5.41, 5.74) is 0. The first-order valence-corrected chi connectivity index (χ1v) is 36.1. The lowest BCUT2D eigenvalue weighted by Gasteiger charge is -2.46. The summed E-state index contributed by atoms with van der Waals surface area (Å²) in [7, 11) is 0. The molecular formula is C71H135NO13. The second kappa shape index (κ2) is 56.5. The van der Waals surface area contributed by atoms with Gasteiger partial charge in [-0.3, -0.25) is 4.79 Å². The number of rotatable bonds is 60. The molecule has 2 fully saturated rings. The second-order valence-corrected chi connectivity index (χ2v) is 25.7. The normalized spacial score (nSPS) is 23.6. The minimum atomic E-state index is -1.78. The number of unbranched alkanes of at least 4 members (excludes halogenated alkanes) is 43. The van der Waals surface area contributed by atoms with Crippen molar-refractivity contribution in [1.82, 2.24) is 5.32 Å². The van der Waals surface area contributed by atoms with Gasteiger partial charge in [-0.25, -0.2) is 0 Å². The van der Waals surface area contributed by atoms with E-state index < -0.39 is 86.8 Å². The van der Waals surface area contributed by atoms with Gasteiger partial charge in [0.25, 0.3) is 0 Å². The zero-order valence-electron chi connectivity index (χ0n) is 54.6. The number of hydrogen-bond acceptors (Lipinski definition) is 13. The number of aliphatic hydroxyl groups excluding tert-OH is 8. The Hall–Kier alpha value is -1.53. The third-order valence-electron chi connectivity index (χ3n) is 17.9. The number of aliphatic hydroxyl groups is 8. The van der Waals surface area contributed by atoms with Crippen molar-refractivity contribution in [3.05, 3.63) is 24.3 Å². The molecule has 85 heavy (non-hydrogen) atoms. The Morgan fingerprint density at radius 2 is 0.776 bits per heavy atom. The van der Waals surface area contributed by atoms with E-state index in [0.717, 1.165) is 57.8 Å². The molecule has 0 saturated carbocycles. The standard InChI is InChI=1S/C71H135NO13/c1-3-5-7-9-11-13-15-17-19-21-23-25-27-29-31-32-34-36-38-40-42-44-46-48-50-52-54-60(75)59(58-82-70-68(81)66(79)69(62(57-74)84-70)85-71-67(80)65(78)64(77)61(56-73)83-71)72-63(76)55-53-51-49-47-45-43-41-39-37-35-33-30-28-26-24-22-20-18-16-14-12-10-8-6-4-2/h16,18,22,24,59-62,64-71,73-75,77-81H,3-15,17,19-21,23,25-58H2,1-2H3,(H,72,76)/b18-16-,24-22-. The molecule has 9 N–H and O–H groups in total. The van der Waals surface area contributed by atoms with Gasteiger partial charge in [0.05, 0.1) is 32.0 Å². The smallest absolute Gasteiger partial charge is 0.220 e. The molecular weight excluding hydrogens is 1070 g/mol. The van der Waals surface area contributed by atoms with Crippen molar-refractivity contribution in [2.75, 3.05) is 19.8 Å². The summed E-state index contributed by atoms with van der Waals surface area (Å²) >= 11 is 0. The summed E-state index contributed by atoms with van der Waals surface area (Å²) in [5.74, 6) is -0.202. The van der Waals surface area contributed by atoms with E-state index in [2.05, 4.69) is 43.5 Å². The third-order valence-corrected chi connectivity index (χ3v) is 17.9. The first kappa shape index (κ1) is 79.6. The summed E-state index contributed by atoms with van der Waals surface area (Å²) in [6, 6.07) is -0.829. The van der Waals surface area contributed by atoms with Crippen LogP contribution in [0.1, 0.15) is 328 Å². The molecule has 0 spiro atoms. The van der Waals surface area contributed by atoms with E-state index in [-0.39, 0.29) is 12.5 Å². The molecule has 14 heteroatoms. The molecule has 2 heterocycles. The van der Waals surface area contributed by atoms with Crippen molar-refractivity contribution in [2.45, 2.75) is 402 Å². The van der Waals surface area contributed by atoms with Crippen LogP contribution in [0.25, 0.3) is 0 Å². The average molecular weight is 1210 g/mol. The lowest BCUT2D eigenvalue weighted by atomic mass is 9.97. The predicted octanol–water partition coefficient (Wildman–Crippen LogP) is 14.7. The Kier molecular flexibility index (Phi) is 52.8. The zero-order valence-corrected chi connectivity index (χ0v) is 54.6. The molecule has 12 atom stereocenters. The van der Waals surface area contributed by atoms with Crippen LogP contribution >= 0.6 is 0 Å². The van der Waals surface area contributed by atoms with Gasteiger partial charge in [0, 0.05) is 6.42 Å². The summed E-state index contributed by atoms with van der Waals surface area (Å²) in [4.78, 5) is 13.4. The van der Waals surface area contributed by atoms with Crippen molar-refractivity contribution in [2.24, 2.45) is 0 Å². The summed E-state index contributed by atoms with van der Waals surface area (Å²) in [6.45, 7) is 2.91. The fraction of sp³-hybridized carbons (Fsp3) is 0.930. The number of nitrogens with one attached hydrogen (secondary N) is 1. The predicted molar refractivity (Wildman–Crippen MR) is 346 cm³/mol. The van der Waals surface area contributed by atoms with Gasteiger partial charge in [0.1, 0.15) is 48.8 Å². The maximum Gasteiger partial charge on any atom is 0.220 e. The van der Waals surface area contributed by atoms with Crippen LogP contribution in [0.3, 0.4) is 0 Å².